The second kappa shape index (κ2) is 8.34. The molecule has 0 radical (unpaired) electrons. The van der Waals surface area contributed by atoms with Crippen LogP contribution in [0.2, 0.25) is 0 Å². The molecule has 0 fully saturated rings. The summed E-state index contributed by atoms with van der Waals surface area (Å²) in [5.41, 5.74) is 0. The van der Waals surface area contributed by atoms with Gasteiger partial charge in [-0.05, 0) is 51.8 Å². The number of ether oxygens (including phenoxy) is 2. The van der Waals surface area contributed by atoms with Crippen molar-refractivity contribution in [3.05, 3.63) is 38.8 Å². The number of nitrogens with one attached hydrogen (secondary N) is 1. The summed E-state index contributed by atoms with van der Waals surface area (Å²) in [5, 5.41) is 12.3. The van der Waals surface area contributed by atoms with Crippen LogP contribution in [0.4, 0.5) is 10.6 Å². The number of aryl methyl sites for hydroxylation is 1. The number of carbonyl (C=O) groups is 2. The summed E-state index contributed by atoms with van der Waals surface area (Å²) in [4.78, 5) is 27.1. The van der Waals surface area contributed by atoms with Crippen molar-refractivity contribution in [3.8, 4) is 5.75 Å². The zero-order chi connectivity index (χ0) is 18.6. The molecule has 0 aromatic carbocycles. The minimum atomic E-state index is -1.23. The first kappa shape index (κ1) is 19.3. The van der Waals surface area contributed by atoms with Crippen LogP contribution in [0.15, 0.2) is 31.7 Å². The Balaban J connectivity index is 2.25. The van der Waals surface area contributed by atoms with Gasteiger partial charge in [0, 0.05) is 16.7 Å². The molecule has 0 saturated heterocycles. The Bertz CT molecular complexity index is 792. The van der Waals surface area contributed by atoms with Gasteiger partial charge in [-0.3, -0.25) is 0 Å². The summed E-state index contributed by atoms with van der Waals surface area (Å²) >= 11 is 6.57. The minimum Gasteiger partial charge on any atom is -0.479 e. The highest BCUT2D eigenvalue weighted by Crippen LogP contribution is 2.31. The van der Waals surface area contributed by atoms with Crippen LogP contribution < -0.4 is 10.1 Å². The molecule has 10 heteroatoms. The lowest BCUT2D eigenvalue weighted by molar-refractivity contribution is -0.138. The van der Waals surface area contributed by atoms with E-state index in [-0.39, 0.29) is 23.9 Å². The standard InChI is InChI=1S/C15H14Br2N2O6/c1-3-23-15(22)25-10-5-11(24-7(10)2)12(14(20)21)19-13-9(17)4-8(16)6-18-13/h4-6,12H,3H2,1-2H3,(H,18,19)(H,20,21). The van der Waals surface area contributed by atoms with E-state index in [1.165, 1.54) is 12.3 Å². The Morgan fingerprint density at radius 2 is 2.12 bits per heavy atom. The van der Waals surface area contributed by atoms with Crippen LogP contribution in [0.25, 0.3) is 0 Å². The summed E-state index contributed by atoms with van der Waals surface area (Å²) in [6.07, 6.45) is 0.629. The second-order valence-electron chi connectivity index (χ2n) is 4.75. The first-order chi connectivity index (χ1) is 11.8. The fraction of sp³-hybridized carbons (Fsp3) is 0.267. The van der Waals surface area contributed by atoms with Gasteiger partial charge in [0.05, 0.1) is 11.1 Å². The summed E-state index contributed by atoms with van der Waals surface area (Å²) in [6.45, 7) is 3.35. The smallest absolute Gasteiger partial charge is 0.479 e. The number of hydrogen-bond acceptors (Lipinski definition) is 7. The molecule has 0 aliphatic rings. The highest BCUT2D eigenvalue weighted by atomic mass is 79.9. The van der Waals surface area contributed by atoms with Gasteiger partial charge in [-0.25, -0.2) is 14.6 Å². The number of carboxylic acid groups (broad SMARTS) is 1. The fourth-order valence-corrected chi connectivity index (χ4v) is 2.98. The van der Waals surface area contributed by atoms with Crippen molar-refractivity contribution in [3.63, 3.8) is 0 Å². The molecular weight excluding hydrogens is 464 g/mol. The largest absolute Gasteiger partial charge is 0.513 e. The molecule has 0 saturated carbocycles. The molecule has 2 aromatic heterocycles. The van der Waals surface area contributed by atoms with E-state index < -0.39 is 18.2 Å². The van der Waals surface area contributed by atoms with E-state index >= 15 is 0 Å². The van der Waals surface area contributed by atoms with Gasteiger partial charge in [0.1, 0.15) is 17.3 Å². The molecule has 0 amide bonds. The van der Waals surface area contributed by atoms with Crippen molar-refractivity contribution in [2.45, 2.75) is 19.9 Å². The van der Waals surface area contributed by atoms with Crippen LogP contribution in [0, 0.1) is 6.92 Å². The number of anilines is 1. The van der Waals surface area contributed by atoms with Crippen LogP contribution in [-0.2, 0) is 9.53 Å². The average Bonchev–Trinajstić information content (AvgIpc) is 2.86. The number of nitrogens with zero attached hydrogens (tertiary/aromatic N) is 1. The normalized spacial score (nSPS) is 11.7. The first-order valence-electron chi connectivity index (χ1n) is 7.07. The predicted octanol–water partition coefficient (Wildman–Crippen LogP) is 4.28. The Morgan fingerprint density at radius 1 is 1.40 bits per heavy atom. The third kappa shape index (κ3) is 4.95. The average molecular weight is 478 g/mol. The third-order valence-electron chi connectivity index (χ3n) is 2.97. The van der Waals surface area contributed by atoms with E-state index in [2.05, 4.69) is 46.9 Å². The molecule has 2 rings (SSSR count). The van der Waals surface area contributed by atoms with Gasteiger partial charge in [0.2, 0.25) is 0 Å². The molecule has 0 spiro atoms. The summed E-state index contributed by atoms with van der Waals surface area (Å²) < 4.78 is 16.4. The molecule has 8 nitrogen and oxygen atoms in total. The number of halogens is 2. The number of carboxylic acids is 1. The van der Waals surface area contributed by atoms with Gasteiger partial charge in [0.15, 0.2) is 11.8 Å². The molecule has 2 aromatic rings. The number of carbonyl (C=O) groups excluding carboxylic acids is 1. The van der Waals surface area contributed by atoms with E-state index in [0.717, 1.165) is 4.47 Å². The minimum absolute atomic E-state index is 0.0564. The number of hydrogen-bond donors (Lipinski definition) is 2. The molecule has 0 aliphatic carbocycles. The first-order valence-corrected chi connectivity index (χ1v) is 8.65. The van der Waals surface area contributed by atoms with Crippen LogP contribution >= 0.6 is 31.9 Å². The number of rotatable bonds is 6. The summed E-state index contributed by atoms with van der Waals surface area (Å²) in [7, 11) is 0. The third-order valence-corrected chi connectivity index (χ3v) is 4.01. The van der Waals surface area contributed by atoms with Crippen molar-refractivity contribution < 1.29 is 28.6 Å². The lowest BCUT2D eigenvalue weighted by Crippen LogP contribution is -2.20. The Labute approximate surface area is 159 Å². The second-order valence-corrected chi connectivity index (χ2v) is 6.52. The van der Waals surface area contributed by atoms with E-state index in [1.807, 2.05) is 0 Å². The van der Waals surface area contributed by atoms with Gasteiger partial charge >= 0.3 is 12.1 Å². The molecular formula is C15H14Br2N2O6. The maximum absolute atomic E-state index is 11.6. The van der Waals surface area contributed by atoms with Crippen LogP contribution in [0.5, 0.6) is 5.75 Å². The molecule has 1 atom stereocenters. The van der Waals surface area contributed by atoms with Crippen LogP contribution in [-0.4, -0.2) is 28.8 Å². The summed E-state index contributed by atoms with van der Waals surface area (Å²) in [5.74, 6) is -0.477. The van der Waals surface area contributed by atoms with Crippen molar-refractivity contribution in [2.24, 2.45) is 0 Å². The van der Waals surface area contributed by atoms with Gasteiger partial charge in [-0.1, -0.05) is 0 Å². The van der Waals surface area contributed by atoms with Gasteiger partial charge in [-0.2, -0.15) is 0 Å². The highest BCUT2D eigenvalue weighted by molar-refractivity contribution is 9.11. The van der Waals surface area contributed by atoms with Gasteiger partial charge < -0.3 is 24.3 Å². The molecule has 0 bridgehead atoms. The predicted molar refractivity (Wildman–Crippen MR) is 94.7 cm³/mol. The number of aromatic nitrogens is 1. The lowest BCUT2D eigenvalue weighted by Gasteiger charge is -2.14. The van der Waals surface area contributed by atoms with Crippen molar-refractivity contribution in [1.29, 1.82) is 0 Å². The topological polar surface area (TPSA) is 111 Å². The Kier molecular flexibility index (Phi) is 6.43. The monoisotopic (exact) mass is 476 g/mol. The number of pyridine rings is 1. The lowest BCUT2D eigenvalue weighted by atomic mass is 10.2. The Morgan fingerprint density at radius 3 is 2.72 bits per heavy atom. The molecule has 25 heavy (non-hydrogen) atoms. The van der Waals surface area contributed by atoms with E-state index in [1.54, 1.807) is 19.9 Å². The molecule has 2 heterocycles. The summed E-state index contributed by atoms with van der Waals surface area (Å²) in [6, 6.07) is 1.81. The molecule has 2 N–H and O–H groups in total. The molecule has 1 unspecified atom stereocenters. The maximum atomic E-state index is 11.6. The van der Waals surface area contributed by atoms with E-state index in [0.29, 0.717) is 10.3 Å². The van der Waals surface area contributed by atoms with Crippen LogP contribution in [0.3, 0.4) is 0 Å². The molecule has 134 valence electrons. The van der Waals surface area contributed by atoms with Crippen molar-refractivity contribution >= 4 is 49.8 Å². The zero-order valence-electron chi connectivity index (χ0n) is 13.2. The molecule has 0 aliphatic heterocycles. The van der Waals surface area contributed by atoms with Gasteiger partial charge in [0.25, 0.3) is 0 Å². The zero-order valence-corrected chi connectivity index (χ0v) is 16.4. The Hall–Kier alpha value is -2.07. The highest BCUT2D eigenvalue weighted by Gasteiger charge is 2.27. The quantitative estimate of drug-likeness (QED) is 0.593. The van der Waals surface area contributed by atoms with E-state index in [4.69, 9.17) is 9.15 Å². The fourth-order valence-electron chi connectivity index (χ4n) is 1.88. The van der Waals surface area contributed by atoms with Crippen molar-refractivity contribution in [1.82, 2.24) is 4.98 Å². The maximum Gasteiger partial charge on any atom is 0.513 e. The number of aliphatic carboxylic acids is 1. The van der Waals surface area contributed by atoms with Gasteiger partial charge in [-0.15, -0.1) is 0 Å². The van der Waals surface area contributed by atoms with Crippen molar-refractivity contribution in [2.75, 3.05) is 11.9 Å². The van der Waals surface area contributed by atoms with Crippen LogP contribution in [0.1, 0.15) is 24.5 Å². The number of furan rings is 1. The SMILES string of the molecule is CCOC(=O)Oc1cc(C(Nc2ncc(Br)cc2Br)C(=O)O)oc1C. The van der Waals surface area contributed by atoms with E-state index in [9.17, 15) is 14.7 Å².